The van der Waals surface area contributed by atoms with Gasteiger partial charge < -0.3 is 4.74 Å². The molecule has 0 saturated heterocycles. The molecule has 1 amide bonds. The van der Waals surface area contributed by atoms with Crippen molar-refractivity contribution in [3.8, 4) is 5.75 Å². The van der Waals surface area contributed by atoms with E-state index in [0.29, 0.717) is 6.41 Å². The van der Waals surface area contributed by atoms with Crippen molar-refractivity contribution in [1.82, 2.24) is 5.43 Å². The number of rotatable bonds is 3. The molecule has 0 aliphatic carbocycles. The maximum absolute atomic E-state index is 8.94. The van der Waals surface area contributed by atoms with E-state index in [4.69, 9.17) is 9.53 Å². The van der Waals surface area contributed by atoms with Gasteiger partial charge in [-0.05, 0) is 19.1 Å². The number of carbonyl (C=O) groups excluding carboxylic acids is 1. The van der Waals surface area contributed by atoms with Gasteiger partial charge in [0.05, 0.1) is 6.61 Å². The van der Waals surface area contributed by atoms with Gasteiger partial charge in [0.25, 0.3) is 0 Å². The fourth-order valence-electron chi connectivity index (χ4n) is 0.683. The molecule has 4 nitrogen and oxygen atoms in total. The van der Waals surface area contributed by atoms with Crippen LogP contribution in [-0.4, -0.2) is 13.0 Å². The van der Waals surface area contributed by atoms with Gasteiger partial charge in [0, 0.05) is 0 Å². The van der Waals surface area contributed by atoms with E-state index in [0.717, 1.165) is 12.4 Å². The van der Waals surface area contributed by atoms with Crippen LogP contribution in [0.25, 0.3) is 0 Å². The largest absolute Gasteiger partial charge is 0.494 e. The Hall–Kier alpha value is -1.55. The normalized spacial score (nSPS) is 7.85. The summed E-state index contributed by atoms with van der Waals surface area (Å²) in [5, 5.41) is 0. The molecule has 0 heterocycles. The highest BCUT2D eigenvalue weighted by molar-refractivity contribution is 5.44. The van der Waals surface area contributed by atoms with Gasteiger partial charge in [-0.25, -0.2) is 5.84 Å². The van der Waals surface area contributed by atoms with Crippen LogP contribution in [-0.2, 0) is 4.79 Å². The summed E-state index contributed by atoms with van der Waals surface area (Å²) in [5.41, 5.74) is 1.75. The van der Waals surface area contributed by atoms with Crippen LogP contribution < -0.4 is 16.0 Å². The summed E-state index contributed by atoms with van der Waals surface area (Å²) in [4.78, 5) is 8.94. The van der Waals surface area contributed by atoms with Crippen molar-refractivity contribution in [3.05, 3.63) is 30.3 Å². The molecule has 4 heteroatoms. The molecule has 0 aromatic heterocycles. The minimum atomic E-state index is 0.403. The van der Waals surface area contributed by atoms with Gasteiger partial charge >= 0.3 is 0 Å². The zero-order valence-corrected chi connectivity index (χ0v) is 7.57. The summed E-state index contributed by atoms with van der Waals surface area (Å²) in [6.45, 7) is 2.72. The Morgan fingerprint density at radius 2 is 2.00 bits per heavy atom. The van der Waals surface area contributed by atoms with E-state index in [1.54, 1.807) is 5.43 Å². The Balaban J connectivity index is 0.000000310. The number of nitrogens with two attached hydrogens (primary N) is 1. The van der Waals surface area contributed by atoms with E-state index < -0.39 is 0 Å². The Morgan fingerprint density at radius 1 is 1.46 bits per heavy atom. The molecular formula is C9H14N2O2. The van der Waals surface area contributed by atoms with Crippen LogP contribution in [0.5, 0.6) is 5.75 Å². The molecule has 0 bridgehead atoms. The summed E-state index contributed by atoms with van der Waals surface area (Å²) >= 11 is 0. The molecule has 0 fully saturated rings. The van der Waals surface area contributed by atoms with Crippen molar-refractivity contribution in [1.29, 1.82) is 0 Å². The fourth-order valence-corrected chi connectivity index (χ4v) is 0.683. The average Bonchev–Trinajstić information content (AvgIpc) is 2.20. The number of carbonyl (C=O) groups is 1. The monoisotopic (exact) mass is 182 g/mol. The molecule has 1 rings (SSSR count). The predicted molar refractivity (Wildman–Crippen MR) is 51.0 cm³/mol. The first kappa shape index (κ1) is 11.4. The lowest BCUT2D eigenvalue weighted by Crippen LogP contribution is -2.18. The third kappa shape index (κ3) is 6.83. The highest BCUT2D eigenvalue weighted by atomic mass is 16.5. The van der Waals surface area contributed by atoms with Gasteiger partial charge in [-0.3, -0.25) is 10.2 Å². The minimum Gasteiger partial charge on any atom is -0.494 e. The second-order valence-corrected chi connectivity index (χ2v) is 2.03. The van der Waals surface area contributed by atoms with Crippen molar-refractivity contribution in [3.63, 3.8) is 0 Å². The first-order chi connectivity index (χ1) is 6.35. The Labute approximate surface area is 77.7 Å². The molecule has 0 unspecified atom stereocenters. The van der Waals surface area contributed by atoms with Crippen LogP contribution >= 0.6 is 0 Å². The number of hydrogen-bond donors (Lipinski definition) is 2. The van der Waals surface area contributed by atoms with E-state index in [9.17, 15) is 0 Å². The van der Waals surface area contributed by atoms with E-state index in [-0.39, 0.29) is 0 Å². The quantitative estimate of drug-likeness (QED) is 0.313. The predicted octanol–water partition coefficient (Wildman–Crippen LogP) is 0.691. The number of amides is 1. The lowest BCUT2D eigenvalue weighted by Gasteiger charge is -1.99. The minimum absolute atomic E-state index is 0.403. The third-order valence-electron chi connectivity index (χ3n) is 1.12. The molecule has 3 N–H and O–H groups in total. The summed E-state index contributed by atoms with van der Waals surface area (Å²) < 4.78 is 5.21. The lowest BCUT2D eigenvalue weighted by atomic mass is 10.3. The van der Waals surface area contributed by atoms with Gasteiger partial charge in [-0.1, -0.05) is 18.2 Å². The molecule has 0 spiro atoms. The summed E-state index contributed by atoms with van der Waals surface area (Å²) in [6.07, 6.45) is 0.403. The fraction of sp³-hybridized carbons (Fsp3) is 0.222. The molecular weight excluding hydrogens is 168 g/mol. The second-order valence-electron chi connectivity index (χ2n) is 2.03. The number of hydrogen-bond acceptors (Lipinski definition) is 3. The molecule has 0 radical (unpaired) electrons. The van der Waals surface area contributed by atoms with E-state index in [1.165, 1.54) is 0 Å². The standard InChI is InChI=1S/C8H10O.CH4N2O/c1-2-9-8-6-4-3-5-7-8;2-3-1-4/h3-7H,2H2,1H3;1H,2H2,(H,3,4). The van der Waals surface area contributed by atoms with Crippen molar-refractivity contribution < 1.29 is 9.53 Å². The highest BCUT2D eigenvalue weighted by Crippen LogP contribution is 2.06. The second kappa shape index (κ2) is 8.55. The summed E-state index contributed by atoms with van der Waals surface area (Å²) in [7, 11) is 0. The molecule has 1 aromatic carbocycles. The van der Waals surface area contributed by atoms with Gasteiger partial charge in [0.1, 0.15) is 5.75 Å². The van der Waals surface area contributed by atoms with Crippen LogP contribution in [0.1, 0.15) is 6.92 Å². The number of ether oxygens (including phenoxy) is 1. The Kier molecular flexibility index (Phi) is 7.53. The van der Waals surface area contributed by atoms with Crippen LogP contribution in [0.2, 0.25) is 0 Å². The van der Waals surface area contributed by atoms with Crippen LogP contribution in [0.3, 0.4) is 0 Å². The third-order valence-corrected chi connectivity index (χ3v) is 1.12. The first-order valence-corrected chi connectivity index (χ1v) is 3.92. The van der Waals surface area contributed by atoms with Gasteiger partial charge in [0.2, 0.25) is 6.41 Å². The Morgan fingerprint density at radius 3 is 2.38 bits per heavy atom. The van der Waals surface area contributed by atoms with E-state index in [2.05, 4.69) is 5.84 Å². The number of benzene rings is 1. The van der Waals surface area contributed by atoms with Gasteiger partial charge in [-0.15, -0.1) is 0 Å². The van der Waals surface area contributed by atoms with Crippen LogP contribution in [0.4, 0.5) is 0 Å². The Bertz CT molecular complexity index is 214. The summed E-state index contributed by atoms with van der Waals surface area (Å²) in [6, 6.07) is 9.80. The molecule has 0 aliphatic rings. The SMILES string of the molecule is CCOc1ccccc1.NNC=O. The number of hydrazine groups is 1. The zero-order chi connectivity index (χ0) is 9.94. The zero-order valence-electron chi connectivity index (χ0n) is 7.57. The molecule has 0 saturated carbocycles. The van der Waals surface area contributed by atoms with E-state index >= 15 is 0 Å². The maximum Gasteiger partial charge on any atom is 0.221 e. The molecule has 0 atom stereocenters. The number of para-hydroxylation sites is 1. The molecule has 1 aromatic rings. The average molecular weight is 182 g/mol. The first-order valence-electron chi connectivity index (χ1n) is 3.92. The van der Waals surface area contributed by atoms with Gasteiger partial charge in [0.15, 0.2) is 0 Å². The molecule has 72 valence electrons. The lowest BCUT2D eigenvalue weighted by molar-refractivity contribution is -0.109. The van der Waals surface area contributed by atoms with Crippen molar-refractivity contribution >= 4 is 6.41 Å². The maximum atomic E-state index is 8.94. The smallest absolute Gasteiger partial charge is 0.221 e. The molecule has 0 aliphatic heterocycles. The van der Waals surface area contributed by atoms with Crippen molar-refractivity contribution in [2.45, 2.75) is 6.92 Å². The summed E-state index contributed by atoms with van der Waals surface area (Å²) in [5.74, 6) is 5.35. The topological polar surface area (TPSA) is 64.3 Å². The van der Waals surface area contributed by atoms with Crippen LogP contribution in [0.15, 0.2) is 30.3 Å². The molecule has 13 heavy (non-hydrogen) atoms. The van der Waals surface area contributed by atoms with Gasteiger partial charge in [-0.2, -0.15) is 0 Å². The van der Waals surface area contributed by atoms with Crippen LogP contribution in [0, 0.1) is 0 Å². The van der Waals surface area contributed by atoms with Crippen molar-refractivity contribution in [2.75, 3.05) is 6.61 Å². The highest BCUT2D eigenvalue weighted by Gasteiger charge is 1.83. The number of nitrogens with one attached hydrogen (secondary N) is 1. The van der Waals surface area contributed by atoms with Crippen molar-refractivity contribution in [2.24, 2.45) is 5.84 Å². The van der Waals surface area contributed by atoms with E-state index in [1.807, 2.05) is 37.3 Å².